The smallest absolute Gasteiger partial charge is 0.192 e. The van der Waals surface area contributed by atoms with Crippen LogP contribution in [0.25, 0.3) is 11.4 Å². The number of allylic oxidation sites excluding steroid dienone is 1. The van der Waals surface area contributed by atoms with E-state index < -0.39 is 0 Å². The van der Waals surface area contributed by atoms with Gasteiger partial charge in [-0.3, -0.25) is 9.36 Å². The molecule has 7 heteroatoms. The second-order valence-corrected chi connectivity index (χ2v) is 7.30. The first kappa shape index (κ1) is 20.7. The minimum Gasteiger partial charge on any atom is -0.493 e. The van der Waals surface area contributed by atoms with Gasteiger partial charge in [-0.15, -0.1) is 16.8 Å². The third kappa shape index (κ3) is 4.68. The van der Waals surface area contributed by atoms with Crippen LogP contribution in [0.3, 0.4) is 0 Å². The number of aromatic nitrogens is 3. The van der Waals surface area contributed by atoms with Crippen LogP contribution >= 0.6 is 11.8 Å². The molecule has 0 fully saturated rings. The minimum absolute atomic E-state index is 0.0269. The van der Waals surface area contributed by atoms with Crippen molar-refractivity contribution in [1.82, 2.24) is 14.8 Å². The van der Waals surface area contributed by atoms with E-state index in [9.17, 15) is 4.79 Å². The van der Waals surface area contributed by atoms with Gasteiger partial charge in [0.15, 0.2) is 28.3 Å². The highest BCUT2D eigenvalue weighted by atomic mass is 32.2. The van der Waals surface area contributed by atoms with E-state index >= 15 is 0 Å². The van der Waals surface area contributed by atoms with Crippen molar-refractivity contribution < 1.29 is 14.3 Å². The standard InChI is InChI=1S/C22H23N3O3S/c1-5-12-25-21(16-8-6-15(2)7-9-16)23-24-22(25)29-14-18(26)17-10-11-19(27-3)20(13-17)28-4/h5-11,13H,1,12,14H2,2-4H3. The van der Waals surface area contributed by atoms with E-state index in [0.717, 1.165) is 11.4 Å². The number of hydrogen-bond donors (Lipinski definition) is 0. The first-order valence-electron chi connectivity index (χ1n) is 9.06. The number of benzene rings is 2. The van der Waals surface area contributed by atoms with Gasteiger partial charge in [0.1, 0.15) is 0 Å². The highest BCUT2D eigenvalue weighted by Gasteiger charge is 2.16. The summed E-state index contributed by atoms with van der Waals surface area (Å²) < 4.78 is 12.5. The SMILES string of the molecule is C=CCn1c(SCC(=O)c2ccc(OC)c(OC)c2)nnc1-c1ccc(C)cc1. The fourth-order valence-corrected chi connectivity index (χ4v) is 3.67. The number of Topliss-reactive ketones (excluding diaryl/α,β-unsaturated/α-hetero) is 1. The van der Waals surface area contributed by atoms with E-state index in [0.29, 0.717) is 28.8 Å². The van der Waals surface area contributed by atoms with Gasteiger partial charge in [-0.05, 0) is 25.1 Å². The van der Waals surface area contributed by atoms with Crippen molar-refractivity contribution >= 4 is 17.5 Å². The Morgan fingerprint density at radius 3 is 2.48 bits per heavy atom. The summed E-state index contributed by atoms with van der Waals surface area (Å²) in [7, 11) is 3.11. The number of nitrogens with zero attached hydrogens (tertiary/aromatic N) is 3. The molecule has 0 aliphatic carbocycles. The fraction of sp³-hybridized carbons (Fsp3) is 0.227. The van der Waals surface area contributed by atoms with Crippen LogP contribution in [-0.4, -0.2) is 40.5 Å². The van der Waals surface area contributed by atoms with Gasteiger partial charge in [0.05, 0.1) is 20.0 Å². The first-order chi connectivity index (χ1) is 14.1. The lowest BCUT2D eigenvalue weighted by Crippen LogP contribution is -2.06. The Balaban J connectivity index is 1.79. The maximum atomic E-state index is 12.7. The maximum absolute atomic E-state index is 12.7. The molecule has 3 aromatic rings. The average Bonchev–Trinajstić information content (AvgIpc) is 3.14. The number of aryl methyl sites for hydroxylation is 1. The normalized spacial score (nSPS) is 10.6. The van der Waals surface area contributed by atoms with Crippen molar-refractivity contribution in [2.45, 2.75) is 18.6 Å². The predicted molar refractivity (Wildman–Crippen MR) is 115 cm³/mol. The molecule has 1 aromatic heterocycles. The summed E-state index contributed by atoms with van der Waals surface area (Å²) in [6.07, 6.45) is 1.79. The van der Waals surface area contributed by atoms with Crippen LogP contribution in [0.5, 0.6) is 11.5 Å². The van der Waals surface area contributed by atoms with Crippen LogP contribution in [0.4, 0.5) is 0 Å². The molecular weight excluding hydrogens is 386 g/mol. The molecule has 0 saturated carbocycles. The summed E-state index contributed by atoms with van der Waals surface area (Å²) >= 11 is 1.35. The van der Waals surface area contributed by atoms with Gasteiger partial charge in [-0.25, -0.2) is 0 Å². The summed E-state index contributed by atoms with van der Waals surface area (Å²) in [5.74, 6) is 2.08. The Bertz CT molecular complexity index is 1010. The summed E-state index contributed by atoms with van der Waals surface area (Å²) in [5, 5.41) is 9.30. The van der Waals surface area contributed by atoms with Crippen LogP contribution in [0.1, 0.15) is 15.9 Å². The molecule has 6 nitrogen and oxygen atoms in total. The molecule has 0 aliphatic rings. The van der Waals surface area contributed by atoms with Crippen LogP contribution < -0.4 is 9.47 Å². The third-order valence-electron chi connectivity index (χ3n) is 4.38. The van der Waals surface area contributed by atoms with Gasteiger partial charge in [0, 0.05) is 17.7 Å². The number of thioether (sulfide) groups is 1. The molecule has 0 saturated heterocycles. The molecular formula is C22H23N3O3S. The van der Waals surface area contributed by atoms with Crippen LogP contribution in [0.15, 0.2) is 60.3 Å². The number of methoxy groups -OCH3 is 2. The van der Waals surface area contributed by atoms with Crippen molar-refractivity contribution in [2.75, 3.05) is 20.0 Å². The number of hydrogen-bond acceptors (Lipinski definition) is 6. The topological polar surface area (TPSA) is 66.2 Å². The van der Waals surface area contributed by atoms with Gasteiger partial charge in [0.2, 0.25) is 0 Å². The van der Waals surface area contributed by atoms with Gasteiger partial charge in [-0.1, -0.05) is 47.7 Å². The maximum Gasteiger partial charge on any atom is 0.192 e. The number of ether oxygens (including phenoxy) is 2. The molecule has 1 heterocycles. The van der Waals surface area contributed by atoms with E-state index in [4.69, 9.17) is 9.47 Å². The number of rotatable bonds is 9. The molecule has 0 aliphatic heterocycles. The Kier molecular flexibility index (Phi) is 6.72. The number of ketones is 1. The molecule has 0 amide bonds. The van der Waals surface area contributed by atoms with Gasteiger partial charge >= 0.3 is 0 Å². The van der Waals surface area contributed by atoms with E-state index in [1.165, 1.54) is 17.3 Å². The zero-order valence-corrected chi connectivity index (χ0v) is 17.5. The largest absolute Gasteiger partial charge is 0.493 e. The zero-order chi connectivity index (χ0) is 20.8. The van der Waals surface area contributed by atoms with Crippen molar-refractivity contribution in [1.29, 1.82) is 0 Å². The molecule has 3 rings (SSSR count). The fourth-order valence-electron chi connectivity index (χ4n) is 2.83. The number of carbonyl (C=O) groups excluding carboxylic acids is 1. The first-order valence-corrected chi connectivity index (χ1v) is 10.0. The van der Waals surface area contributed by atoms with Gasteiger partial charge in [-0.2, -0.15) is 0 Å². The highest BCUT2D eigenvalue weighted by molar-refractivity contribution is 7.99. The van der Waals surface area contributed by atoms with Crippen LogP contribution in [-0.2, 0) is 6.54 Å². The molecule has 0 N–H and O–H groups in total. The molecule has 0 atom stereocenters. The molecule has 0 spiro atoms. The van der Waals surface area contributed by atoms with Crippen LogP contribution in [0.2, 0.25) is 0 Å². The highest BCUT2D eigenvalue weighted by Crippen LogP contribution is 2.29. The summed E-state index contributed by atoms with van der Waals surface area (Å²) in [6, 6.07) is 13.3. The third-order valence-corrected chi connectivity index (χ3v) is 5.34. The molecule has 0 bridgehead atoms. The summed E-state index contributed by atoms with van der Waals surface area (Å²) in [4.78, 5) is 12.7. The Hall–Kier alpha value is -3.06. The summed E-state index contributed by atoms with van der Waals surface area (Å²) in [6.45, 7) is 6.43. The van der Waals surface area contributed by atoms with E-state index in [-0.39, 0.29) is 11.5 Å². The quantitative estimate of drug-likeness (QED) is 0.296. The second-order valence-electron chi connectivity index (χ2n) is 6.35. The van der Waals surface area contributed by atoms with Crippen molar-refractivity contribution in [3.05, 3.63) is 66.2 Å². The second kappa shape index (κ2) is 9.43. The Morgan fingerprint density at radius 2 is 1.83 bits per heavy atom. The predicted octanol–water partition coefficient (Wildman–Crippen LogP) is 4.43. The van der Waals surface area contributed by atoms with E-state index in [1.54, 1.807) is 38.5 Å². The zero-order valence-electron chi connectivity index (χ0n) is 16.7. The Labute approximate surface area is 174 Å². The molecule has 0 radical (unpaired) electrons. The summed E-state index contributed by atoms with van der Waals surface area (Å²) in [5.41, 5.74) is 2.71. The van der Waals surface area contributed by atoms with Crippen LogP contribution in [0, 0.1) is 6.92 Å². The van der Waals surface area contributed by atoms with Crippen molar-refractivity contribution in [3.63, 3.8) is 0 Å². The molecule has 0 unspecified atom stereocenters. The van der Waals surface area contributed by atoms with E-state index in [2.05, 4.69) is 16.8 Å². The average molecular weight is 410 g/mol. The molecule has 29 heavy (non-hydrogen) atoms. The molecule has 2 aromatic carbocycles. The van der Waals surface area contributed by atoms with Gasteiger partial charge in [0.25, 0.3) is 0 Å². The van der Waals surface area contributed by atoms with E-state index in [1.807, 2.05) is 35.8 Å². The monoisotopic (exact) mass is 409 g/mol. The lowest BCUT2D eigenvalue weighted by atomic mass is 10.1. The number of carbonyl (C=O) groups is 1. The minimum atomic E-state index is -0.0269. The lowest BCUT2D eigenvalue weighted by molar-refractivity contribution is 0.102. The van der Waals surface area contributed by atoms with Crippen molar-refractivity contribution in [3.8, 4) is 22.9 Å². The lowest BCUT2D eigenvalue weighted by Gasteiger charge is -2.10. The molecule has 150 valence electrons. The van der Waals surface area contributed by atoms with Gasteiger partial charge < -0.3 is 9.47 Å². The van der Waals surface area contributed by atoms with Crippen molar-refractivity contribution in [2.24, 2.45) is 0 Å². The Morgan fingerprint density at radius 1 is 1.10 bits per heavy atom.